The Balaban J connectivity index is 2.34. The molecule has 0 fully saturated rings. The first-order chi connectivity index (χ1) is 10.3. The molecule has 124 valence electrons. The molecule has 0 saturated heterocycles. The van der Waals surface area contributed by atoms with Gasteiger partial charge in [-0.2, -0.15) is 0 Å². The zero-order chi connectivity index (χ0) is 16.6. The second kappa shape index (κ2) is 9.44. The molecule has 0 aliphatic rings. The highest BCUT2D eigenvalue weighted by molar-refractivity contribution is 6.35. The van der Waals surface area contributed by atoms with Crippen LogP contribution < -0.4 is 4.74 Å². The van der Waals surface area contributed by atoms with Gasteiger partial charge in [0.2, 0.25) is 0 Å². The third-order valence-electron chi connectivity index (χ3n) is 3.45. The summed E-state index contributed by atoms with van der Waals surface area (Å²) < 4.78 is 11.4. The summed E-state index contributed by atoms with van der Waals surface area (Å²) in [5.41, 5.74) is 1.28. The molecule has 0 unspecified atom stereocenters. The lowest BCUT2D eigenvalue weighted by Gasteiger charge is -2.24. The number of benzene rings is 1. The summed E-state index contributed by atoms with van der Waals surface area (Å²) in [6.45, 7) is 9.72. The number of halogens is 2. The quantitative estimate of drug-likeness (QED) is 0.489. The molecule has 4 heteroatoms. The maximum absolute atomic E-state index is 6.06. The molecule has 0 aliphatic carbocycles. The third kappa shape index (κ3) is 7.53. The van der Waals surface area contributed by atoms with Crippen molar-refractivity contribution < 1.29 is 9.47 Å². The van der Waals surface area contributed by atoms with Crippen LogP contribution in [0.1, 0.15) is 47.0 Å². The van der Waals surface area contributed by atoms with Gasteiger partial charge in [0.25, 0.3) is 0 Å². The molecule has 0 radical (unpaired) electrons. The van der Waals surface area contributed by atoms with Crippen molar-refractivity contribution in [1.82, 2.24) is 0 Å². The van der Waals surface area contributed by atoms with Gasteiger partial charge in [0.1, 0.15) is 12.4 Å². The van der Waals surface area contributed by atoms with Crippen molar-refractivity contribution in [1.29, 1.82) is 0 Å². The number of ether oxygens (including phenoxy) is 2. The second-order valence-electron chi connectivity index (χ2n) is 5.98. The standard InChI is InChI=1S/C18H26Cl2O2/c1-5-22-18(3,4)11-6-7-14(2)10-12-21-17-9-8-15(19)13-16(17)20/h8-10,13H,5-7,11-12H2,1-4H3/b14-10+. The third-order valence-corrected chi connectivity index (χ3v) is 3.98. The highest BCUT2D eigenvalue weighted by atomic mass is 35.5. The van der Waals surface area contributed by atoms with Crippen LogP contribution in [-0.2, 0) is 4.74 Å². The Bertz CT molecular complexity index is 496. The molecule has 0 heterocycles. The molecule has 1 rings (SSSR count). The van der Waals surface area contributed by atoms with Crippen LogP contribution >= 0.6 is 23.2 Å². The minimum atomic E-state index is -0.0393. The normalized spacial score (nSPS) is 12.5. The number of allylic oxidation sites excluding steroid dienone is 1. The van der Waals surface area contributed by atoms with Gasteiger partial charge in [0.05, 0.1) is 10.6 Å². The van der Waals surface area contributed by atoms with Gasteiger partial charge in [0, 0.05) is 11.6 Å². The summed E-state index contributed by atoms with van der Waals surface area (Å²) in [5, 5.41) is 1.15. The predicted molar refractivity (Wildman–Crippen MR) is 95.3 cm³/mol. The van der Waals surface area contributed by atoms with E-state index in [1.54, 1.807) is 18.2 Å². The van der Waals surface area contributed by atoms with E-state index in [1.807, 2.05) is 6.92 Å². The zero-order valence-corrected chi connectivity index (χ0v) is 15.4. The maximum Gasteiger partial charge on any atom is 0.138 e. The van der Waals surface area contributed by atoms with Gasteiger partial charge in [-0.15, -0.1) is 0 Å². The van der Waals surface area contributed by atoms with E-state index in [1.165, 1.54) is 5.57 Å². The lowest BCUT2D eigenvalue weighted by atomic mass is 9.99. The van der Waals surface area contributed by atoms with E-state index in [4.69, 9.17) is 32.7 Å². The van der Waals surface area contributed by atoms with Gasteiger partial charge < -0.3 is 9.47 Å². The van der Waals surface area contributed by atoms with Gasteiger partial charge >= 0.3 is 0 Å². The second-order valence-corrected chi connectivity index (χ2v) is 6.83. The first-order valence-electron chi connectivity index (χ1n) is 7.71. The average molecular weight is 345 g/mol. The molecule has 0 atom stereocenters. The van der Waals surface area contributed by atoms with Gasteiger partial charge in [-0.05, 0) is 71.2 Å². The van der Waals surface area contributed by atoms with E-state index in [9.17, 15) is 0 Å². The summed E-state index contributed by atoms with van der Waals surface area (Å²) >= 11 is 11.9. The molecule has 0 amide bonds. The highest BCUT2D eigenvalue weighted by Crippen LogP contribution is 2.27. The van der Waals surface area contributed by atoms with Crippen LogP contribution in [0.4, 0.5) is 0 Å². The van der Waals surface area contributed by atoms with Crippen LogP contribution in [0, 0.1) is 0 Å². The fourth-order valence-electron chi connectivity index (χ4n) is 2.22. The topological polar surface area (TPSA) is 18.5 Å². The fourth-order valence-corrected chi connectivity index (χ4v) is 2.69. The van der Waals surface area contributed by atoms with Crippen LogP contribution in [-0.4, -0.2) is 18.8 Å². The predicted octanol–water partition coefficient (Wildman–Crippen LogP) is 6.30. The van der Waals surface area contributed by atoms with Crippen molar-refractivity contribution >= 4 is 23.2 Å². The van der Waals surface area contributed by atoms with Crippen LogP contribution in [0.15, 0.2) is 29.8 Å². The van der Waals surface area contributed by atoms with Crippen molar-refractivity contribution in [3.8, 4) is 5.75 Å². The minimum Gasteiger partial charge on any atom is -0.488 e. The van der Waals surface area contributed by atoms with Crippen molar-refractivity contribution in [3.05, 3.63) is 39.9 Å². The number of hydrogen-bond donors (Lipinski definition) is 0. The highest BCUT2D eigenvalue weighted by Gasteiger charge is 2.16. The Morgan fingerprint density at radius 1 is 1.27 bits per heavy atom. The minimum absolute atomic E-state index is 0.0393. The van der Waals surface area contributed by atoms with E-state index >= 15 is 0 Å². The molecular weight excluding hydrogens is 319 g/mol. The van der Waals surface area contributed by atoms with Gasteiger partial charge in [-0.3, -0.25) is 0 Å². The van der Waals surface area contributed by atoms with Crippen LogP contribution in [0.2, 0.25) is 10.0 Å². The number of rotatable bonds is 9. The summed E-state index contributed by atoms with van der Waals surface area (Å²) in [6.07, 6.45) is 5.31. The summed E-state index contributed by atoms with van der Waals surface area (Å²) in [5.74, 6) is 0.660. The largest absolute Gasteiger partial charge is 0.488 e. The first kappa shape index (κ1) is 19.3. The Morgan fingerprint density at radius 3 is 2.64 bits per heavy atom. The molecule has 0 aromatic heterocycles. The molecule has 1 aromatic rings. The zero-order valence-electron chi connectivity index (χ0n) is 13.9. The van der Waals surface area contributed by atoms with E-state index in [2.05, 4.69) is 26.8 Å². The van der Waals surface area contributed by atoms with Crippen molar-refractivity contribution in [2.24, 2.45) is 0 Å². The van der Waals surface area contributed by atoms with Gasteiger partial charge in [0.15, 0.2) is 0 Å². The molecule has 2 nitrogen and oxygen atoms in total. The van der Waals surface area contributed by atoms with Crippen LogP contribution in [0.25, 0.3) is 0 Å². The Morgan fingerprint density at radius 2 is 2.00 bits per heavy atom. The Labute approximate surface area is 144 Å². The molecule has 0 spiro atoms. The summed E-state index contributed by atoms with van der Waals surface area (Å²) in [7, 11) is 0. The average Bonchev–Trinajstić information content (AvgIpc) is 2.41. The van der Waals surface area contributed by atoms with Crippen molar-refractivity contribution in [3.63, 3.8) is 0 Å². The molecule has 1 aromatic carbocycles. The molecule has 0 N–H and O–H groups in total. The fraction of sp³-hybridized carbons (Fsp3) is 0.556. The SMILES string of the molecule is CCOC(C)(C)CCC/C(C)=C/COc1ccc(Cl)cc1Cl. The maximum atomic E-state index is 6.06. The number of hydrogen-bond acceptors (Lipinski definition) is 2. The lowest BCUT2D eigenvalue weighted by molar-refractivity contribution is -0.0173. The van der Waals surface area contributed by atoms with Crippen LogP contribution in [0.5, 0.6) is 5.75 Å². The van der Waals surface area contributed by atoms with Crippen LogP contribution in [0.3, 0.4) is 0 Å². The lowest BCUT2D eigenvalue weighted by Crippen LogP contribution is -2.24. The molecular formula is C18H26Cl2O2. The molecule has 0 aliphatic heterocycles. The molecule has 0 saturated carbocycles. The molecule has 22 heavy (non-hydrogen) atoms. The summed E-state index contributed by atoms with van der Waals surface area (Å²) in [4.78, 5) is 0. The van der Waals surface area contributed by atoms with E-state index in [0.717, 1.165) is 25.9 Å². The monoisotopic (exact) mass is 344 g/mol. The van der Waals surface area contributed by atoms with E-state index in [-0.39, 0.29) is 5.60 Å². The van der Waals surface area contributed by atoms with Crippen molar-refractivity contribution in [2.45, 2.75) is 52.6 Å². The van der Waals surface area contributed by atoms with E-state index < -0.39 is 0 Å². The smallest absolute Gasteiger partial charge is 0.138 e. The van der Waals surface area contributed by atoms with Gasteiger partial charge in [-0.1, -0.05) is 28.8 Å². The Kier molecular flexibility index (Phi) is 8.30. The molecule has 0 bridgehead atoms. The Hall–Kier alpha value is -0.700. The first-order valence-corrected chi connectivity index (χ1v) is 8.47. The van der Waals surface area contributed by atoms with E-state index in [0.29, 0.717) is 22.4 Å². The van der Waals surface area contributed by atoms with Crippen molar-refractivity contribution in [2.75, 3.05) is 13.2 Å². The van der Waals surface area contributed by atoms with Gasteiger partial charge in [-0.25, -0.2) is 0 Å². The summed E-state index contributed by atoms with van der Waals surface area (Å²) in [6, 6.07) is 5.25.